The van der Waals surface area contributed by atoms with Crippen LogP contribution >= 0.6 is 11.8 Å². The zero-order valence-corrected chi connectivity index (χ0v) is 16.0. The summed E-state index contributed by atoms with van der Waals surface area (Å²) in [7, 11) is 0. The highest BCUT2D eigenvalue weighted by Gasteiger charge is 2.61. The van der Waals surface area contributed by atoms with Crippen molar-refractivity contribution in [2.45, 2.75) is 57.9 Å². The predicted octanol–water partition coefficient (Wildman–Crippen LogP) is -0.892. The first-order chi connectivity index (χ1) is 12.0. The van der Waals surface area contributed by atoms with Gasteiger partial charge in [-0.1, -0.05) is 32.5 Å². The quantitative estimate of drug-likeness (QED) is 0.358. The van der Waals surface area contributed by atoms with Gasteiger partial charge in [-0.15, -0.1) is 0 Å². The van der Waals surface area contributed by atoms with E-state index in [1.807, 2.05) is 0 Å². The molecule has 0 bridgehead atoms. The molecule has 5 atom stereocenters. The van der Waals surface area contributed by atoms with Crippen LogP contribution in [-0.2, 0) is 19.2 Å². The number of carboxylic acid groups (broad SMARTS) is 1. The zero-order chi connectivity index (χ0) is 20.2. The molecule has 1 saturated heterocycles. The number of aliphatic hydroxyl groups excluding tert-OH is 2. The Hall–Kier alpha value is -1.65. The molecule has 0 aromatic heterocycles. The number of nitrogens with one attached hydrogen (secondary N) is 2. The number of carbonyl (C=O) groups excluding carboxylic acids is 3. The minimum Gasteiger partial charge on any atom is -0.480 e. The first-order valence-electron chi connectivity index (χ1n) is 8.34. The SMILES string of the molecule is CC[C@H]1C(=O)N[C@](C(=O)SC[C@H](NC(C)=O)C(=O)O)([C@@H](O)C(C)C)[C@H]1O. The lowest BCUT2D eigenvalue weighted by molar-refractivity contribution is -0.140. The summed E-state index contributed by atoms with van der Waals surface area (Å²) in [6.45, 7) is 6.11. The summed E-state index contributed by atoms with van der Waals surface area (Å²) < 4.78 is 0. The van der Waals surface area contributed by atoms with Gasteiger partial charge in [0, 0.05) is 12.7 Å². The van der Waals surface area contributed by atoms with Crippen molar-refractivity contribution in [3.05, 3.63) is 0 Å². The maximum atomic E-state index is 12.9. The Morgan fingerprint density at radius 1 is 1.35 bits per heavy atom. The molecule has 26 heavy (non-hydrogen) atoms. The Labute approximate surface area is 155 Å². The molecular formula is C16H26N2O7S. The van der Waals surface area contributed by atoms with E-state index in [-0.39, 0.29) is 12.2 Å². The van der Waals surface area contributed by atoms with Crippen LogP contribution in [0.3, 0.4) is 0 Å². The van der Waals surface area contributed by atoms with Crippen molar-refractivity contribution in [2.75, 3.05) is 5.75 Å². The van der Waals surface area contributed by atoms with E-state index in [9.17, 15) is 29.4 Å². The lowest BCUT2D eigenvalue weighted by Crippen LogP contribution is -2.64. The van der Waals surface area contributed by atoms with E-state index in [0.717, 1.165) is 6.92 Å². The number of amides is 2. The molecule has 1 fully saturated rings. The summed E-state index contributed by atoms with van der Waals surface area (Å²) in [5.41, 5.74) is -1.92. The molecule has 10 heteroatoms. The number of thioether (sulfide) groups is 1. The molecule has 148 valence electrons. The molecular weight excluding hydrogens is 364 g/mol. The Kier molecular flexibility index (Phi) is 7.60. The van der Waals surface area contributed by atoms with Gasteiger partial charge in [-0.2, -0.15) is 0 Å². The molecule has 0 aliphatic carbocycles. The average Bonchev–Trinajstić information content (AvgIpc) is 2.80. The third-order valence-electron chi connectivity index (χ3n) is 4.45. The normalized spacial score (nSPS) is 27.7. The summed E-state index contributed by atoms with van der Waals surface area (Å²) >= 11 is 0.546. The highest BCUT2D eigenvalue weighted by Crippen LogP contribution is 2.37. The first kappa shape index (κ1) is 22.4. The molecule has 0 saturated carbocycles. The third kappa shape index (κ3) is 4.36. The van der Waals surface area contributed by atoms with E-state index in [4.69, 9.17) is 5.11 Å². The van der Waals surface area contributed by atoms with Gasteiger partial charge in [-0.05, 0) is 12.3 Å². The molecule has 0 radical (unpaired) electrons. The molecule has 0 spiro atoms. The highest BCUT2D eigenvalue weighted by atomic mass is 32.2. The molecule has 1 aliphatic heterocycles. The van der Waals surface area contributed by atoms with Crippen molar-refractivity contribution in [2.24, 2.45) is 11.8 Å². The number of aliphatic carboxylic acids is 1. The third-order valence-corrected chi connectivity index (χ3v) is 5.55. The Morgan fingerprint density at radius 2 is 1.92 bits per heavy atom. The molecule has 0 aromatic carbocycles. The lowest BCUT2D eigenvalue weighted by Gasteiger charge is -2.37. The number of carbonyl (C=O) groups is 4. The van der Waals surface area contributed by atoms with E-state index in [1.54, 1.807) is 20.8 Å². The van der Waals surface area contributed by atoms with Gasteiger partial charge in [0.15, 0.2) is 5.54 Å². The fourth-order valence-electron chi connectivity index (χ4n) is 3.01. The van der Waals surface area contributed by atoms with Crippen LogP contribution in [0.25, 0.3) is 0 Å². The second-order valence-corrected chi connectivity index (χ2v) is 7.69. The van der Waals surface area contributed by atoms with Gasteiger partial charge >= 0.3 is 5.97 Å². The summed E-state index contributed by atoms with van der Waals surface area (Å²) in [6.07, 6.45) is -2.52. The molecule has 1 aliphatic rings. The maximum absolute atomic E-state index is 12.9. The summed E-state index contributed by atoms with van der Waals surface area (Å²) in [4.78, 5) is 47.3. The minimum atomic E-state index is -1.92. The first-order valence-corrected chi connectivity index (χ1v) is 9.32. The van der Waals surface area contributed by atoms with Crippen LogP contribution in [0, 0.1) is 11.8 Å². The molecule has 5 N–H and O–H groups in total. The average molecular weight is 390 g/mol. The predicted molar refractivity (Wildman–Crippen MR) is 94.2 cm³/mol. The van der Waals surface area contributed by atoms with Gasteiger partial charge in [0.05, 0.1) is 18.1 Å². The van der Waals surface area contributed by atoms with Crippen LogP contribution < -0.4 is 10.6 Å². The smallest absolute Gasteiger partial charge is 0.327 e. The fourth-order valence-corrected chi connectivity index (χ4v) is 4.08. The van der Waals surface area contributed by atoms with Crippen molar-refractivity contribution in [3.8, 4) is 0 Å². The molecule has 1 rings (SSSR count). The summed E-state index contributed by atoms with van der Waals surface area (Å²) in [6, 6.07) is -1.31. The summed E-state index contributed by atoms with van der Waals surface area (Å²) in [5.74, 6) is -4.02. The minimum absolute atomic E-state index is 0.279. The van der Waals surface area contributed by atoms with Crippen LogP contribution in [0.4, 0.5) is 0 Å². The Balaban J connectivity index is 3.09. The van der Waals surface area contributed by atoms with Crippen molar-refractivity contribution in [1.82, 2.24) is 10.6 Å². The van der Waals surface area contributed by atoms with Crippen LogP contribution in [-0.4, -0.2) is 67.8 Å². The zero-order valence-electron chi connectivity index (χ0n) is 15.2. The van der Waals surface area contributed by atoms with Crippen molar-refractivity contribution >= 4 is 34.7 Å². The van der Waals surface area contributed by atoms with Crippen LogP contribution in [0.5, 0.6) is 0 Å². The number of carboxylic acids is 1. The van der Waals surface area contributed by atoms with Gasteiger partial charge < -0.3 is 26.0 Å². The number of hydrogen-bond donors (Lipinski definition) is 5. The molecule has 2 amide bonds. The monoisotopic (exact) mass is 390 g/mol. The Bertz CT molecular complexity index is 583. The van der Waals surface area contributed by atoms with E-state index in [0.29, 0.717) is 11.8 Å². The molecule has 0 unspecified atom stereocenters. The molecule has 9 nitrogen and oxygen atoms in total. The van der Waals surface area contributed by atoms with Gasteiger partial charge in [0.2, 0.25) is 16.9 Å². The molecule has 0 aromatic rings. The van der Waals surface area contributed by atoms with Crippen molar-refractivity contribution in [1.29, 1.82) is 0 Å². The summed E-state index contributed by atoms with van der Waals surface area (Å²) in [5, 5.41) is 34.2. The van der Waals surface area contributed by atoms with E-state index < -0.39 is 58.5 Å². The van der Waals surface area contributed by atoms with Crippen LogP contribution in [0.1, 0.15) is 34.1 Å². The number of hydrogen-bond acceptors (Lipinski definition) is 7. The van der Waals surface area contributed by atoms with E-state index >= 15 is 0 Å². The number of rotatable bonds is 8. The van der Waals surface area contributed by atoms with Gasteiger partial charge in [0.1, 0.15) is 6.04 Å². The maximum Gasteiger partial charge on any atom is 0.327 e. The van der Waals surface area contributed by atoms with Crippen LogP contribution in [0.2, 0.25) is 0 Å². The highest BCUT2D eigenvalue weighted by molar-refractivity contribution is 8.13. The van der Waals surface area contributed by atoms with Crippen LogP contribution in [0.15, 0.2) is 0 Å². The molecule has 1 heterocycles. The van der Waals surface area contributed by atoms with Crippen molar-refractivity contribution in [3.63, 3.8) is 0 Å². The second-order valence-electron chi connectivity index (χ2n) is 6.70. The topological polar surface area (TPSA) is 153 Å². The van der Waals surface area contributed by atoms with E-state index in [2.05, 4.69) is 10.6 Å². The standard InChI is InChI=1S/C16H26N2O7S/c1-5-9-12(21)16(18-13(9)22,11(20)7(2)3)15(25)26-6-10(14(23)24)17-8(4)19/h7,9-12,20-21H,5-6H2,1-4H3,(H,17,19)(H,18,22)(H,23,24)/t9-,10+,11+,12+,16-/m1/s1. The lowest BCUT2D eigenvalue weighted by atomic mass is 9.80. The second kappa shape index (κ2) is 8.83. The van der Waals surface area contributed by atoms with E-state index in [1.165, 1.54) is 0 Å². The number of aliphatic hydroxyl groups is 2. The fraction of sp³-hybridized carbons (Fsp3) is 0.750. The van der Waals surface area contributed by atoms with Crippen molar-refractivity contribution < 1.29 is 34.5 Å². The van der Waals surface area contributed by atoms with Gasteiger partial charge in [-0.25, -0.2) is 4.79 Å². The largest absolute Gasteiger partial charge is 0.480 e. The Morgan fingerprint density at radius 3 is 2.31 bits per heavy atom. The van der Waals surface area contributed by atoms with Gasteiger partial charge in [-0.3, -0.25) is 14.4 Å². The van der Waals surface area contributed by atoms with Gasteiger partial charge in [0.25, 0.3) is 0 Å².